The van der Waals surface area contributed by atoms with Crippen LogP contribution in [0.25, 0.3) is 0 Å². The standard InChI is InChI=1S/C14H19NO4/c1-3-14(4-2,12(16)17)15-13(18)19-10-11-8-6-5-7-9-11/h5-9H,3-4,10H2,1-2H3,(H,15,18)(H,16,17). The molecule has 1 rings (SSSR count). The molecular formula is C14H19NO4. The molecule has 1 aromatic carbocycles. The largest absolute Gasteiger partial charge is 0.480 e. The lowest BCUT2D eigenvalue weighted by atomic mass is 9.93. The average molecular weight is 265 g/mol. The molecule has 0 radical (unpaired) electrons. The fourth-order valence-electron chi connectivity index (χ4n) is 1.74. The van der Waals surface area contributed by atoms with Crippen LogP contribution >= 0.6 is 0 Å². The molecule has 0 fully saturated rings. The van der Waals surface area contributed by atoms with Crippen LogP contribution in [0.3, 0.4) is 0 Å². The SMILES string of the molecule is CCC(CC)(NC(=O)OCc1ccccc1)C(=O)O. The Bertz CT molecular complexity index is 426. The molecule has 0 saturated heterocycles. The highest BCUT2D eigenvalue weighted by atomic mass is 16.5. The van der Waals surface area contributed by atoms with Gasteiger partial charge in [-0.05, 0) is 18.4 Å². The number of hydrogen-bond donors (Lipinski definition) is 2. The molecule has 0 aliphatic rings. The second-order valence-electron chi connectivity index (χ2n) is 4.28. The van der Waals surface area contributed by atoms with E-state index in [1.54, 1.807) is 13.8 Å². The molecule has 5 nitrogen and oxygen atoms in total. The van der Waals surface area contributed by atoms with Crippen molar-refractivity contribution in [2.24, 2.45) is 0 Å². The molecule has 0 aliphatic carbocycles. The van der Waals surface area contributed by atoms with Crippen LogP contribution in [0.5, 0.6) is 0 Å². The van der Waals surface area contributed by atoms with Crippen LogP contribution in [-0.4, -0.2) is 22.7 Å². The Kier molecular flexibility index (Phi) is 5.36. The first-order valence-corrected chi connectivity index (χ1v) is 6.26. The fourth-order valence-corrected chi connectivity index (χ4v) is 1.74. The minimum Gasteiger partial charge on any atom is -0.480 e. The Morgan fingerprint density at radius 2 is 1.79 bits per heavy atom. The Morgan fingerprint density at radius 1 is 1.21 bits per heavy atom. The normalized spacial score (nSPS) is 10.8. The molecule has 0 bridgehead atoms. The predicted molar refractivity (Wildman–Crippen MR) is 70.7 cm³/mol. The Morgan fingerprint density at radius 3 is 2.26 bits per heavy atom. The first-order chi connectivity index (χ1) is 9.04. The summed E-state index contributed by atoms with van der Waals surface area (Å²) in [5.41, 5.74) is -0.403. The van der Waals surface area contributed by atoms with E-state index in [2.05, 4.69) is 5.32 Å². The quantitative estimate of drug-likeness (QED) is 0.828. The van der Waals surface area contributed by atoms with Crippen molar-refractivity contribution >= 4 is 12.1 Å². The first kappa shape index (κ1) is 15.0. The molecule has 2 N–H and O–H groups in total. The van der Waals surface area contributed by atoms with Crippen molar-refractivity contribution in [3.05, 3.63) is 35.9 Å². The number of rotatable bonds is 6. The molecule has 1 amide bonds. The number of alkyl carbamates (subject to hydrolysis) is 1. The molecule has 5 heteroatoms. The van der Waals surface area contributed by atoms with Gasteiger partial charge in [0.2, 0.25) is 0 Å². The lowest BCUT2D eigenvalue weighted by Gasteiger charge is -2.27. The number of nitrogens with one attached hydrogen (secondary N) is 1. The molecule has 19 heavy (non-hydrogen) atoms. The summed E-state index contributed by atoms with van der Waals surface area (Å²) in [7, 11) is 0. The van der Waals surface area contributed by atoms with Gasteiger partial charge in [0.15, 0.2) is 0 Å². The van der Waals surface area contributed by atoms with E-state index in [4.69, 9.17) is 4.74 Å². The Labute approximate surface area is 112 Å². The highest BCUT2D eigenvalue weighted by molar-refractivity contribution is 5.84. The van der Waals surface area contributed by atoms with Crippen molar-refractivity contribution in [1.29, 1.82) is 0 Å². The van der Waals surface area contributed by atoms with E-state index in [-0.39, 0.29) is 6.61 Å². The third-order valence-corrected chi connectivity index (χ3v) is 3.17. The van der Waals surface area contributed by atoms with Crippen molar-refractivity contribution in [2.75, 3.05) is 0 Å². The topological polar surface area (TPSA) is 75.6 Å². The second kappa shape index (κ2) is 6.78. The van der Waals surface area contributed by atoms with Gasteiger partial charge < -0.3 is 15.2 Å². The molecule has 0 unspecified atom stereocenters. The third kappa shape index (κ3) is 3.98. The maximum atomic E-state index is 11.7. The maximum Gasteiger partial charge on any atom is 0.408 e. The van der Waals surface area contributed by atoms with Crippen LogP contribution in [0.1, 0.15) is 32.3 Å². The maximum absolute atomic E-state index is 11.7. The summed E-state index contributed by atoms with van der Waals surface area (Å²) in [5, 5.41) is 11.6. The number of carboxylic acids is 1. The van der Waals surface area contributed by atoms with Crippen LogP contribution in [0.4, 0.5) is 4.79 Å². The first-order valence-electron chi connectivity index (χ1n) is 6.26. The zero-order chi connectivity index (χ0) is 14.3. The van der Waals surface area contributed by atoms with Crippen LogP contribution in [0.15, 0.2) is 30.3 Å². The van der Waals surface area contributed by atoms with Crippen LogP contribution < -0.4 is 5.32 Å². The van der Waals surface area contributed by atoms with Crippen LogP contribution in [-0.2, 0) is 16.1 Å². The summed E-state index contributed by atoms with van der Waals surface area (Å²) < 4.78 is 5.02. The summed E-state index contributed by atoms with van der Waals surface area (Å²) in [5.74, 6) is -1.05. The van der Waals surface area contributed by atoms with Crippen LogP contribution in [0.2, 0.25) is 0 Å². The molecule has 0 aromatic heterocycles. The van der Waals surface area contributed by atoms with Gasteiger partial charge in [-0.2, -0.15) is 0 Å². The highest BCUT2D eigenvalue weighted by Gasteiger charge is 2.36. The number of carboxylic acid groups (broad SMARTS) is 1. The number of amides is 1. The van der Waals surface area contributed by atoms with E-state index >= 15 is 0 Å². The molecule has 0 atom stereocenters. The number of benzene rings is 1. The number of hydrogen-bond acceptors (Lipinski definition) is 3. The minimum atomic E-state index is -1.26. The van der Waals surface area contributed by atoms with E-state index in [1.165, 1.54) is 0 Å². The van der Waals surface area contributed by atoms with Gasteiger partial charge in [0.1, 0.15) is 12.1 Å². The molecular weight excluding hydrogens is 246 g/mol. The number of carbonyl (C=O) groups excluding carboxylic acids is 1. The smallest absolute Gasteiger partial charge is 0.408 e. The zero-order valence-electron chi connectivity index (χ0n) is 11.2. The van der Waals surface area contributed by atoms with Gasteiger partial charge in [-0.25, -0.2) is 9.59 Å². The summed E-state index contributed by atoms with van der Waals surface area (Å²) in [4.78, 5) is 22.9. The van der Waals surface area contributed by atoms with Gasteiger partial charge in [0.05, 0.1) is 0 Å². The van der Waals surface area contributed by atoms with E-state index in [1.807, 2.05) is 30.3 Å². The van der Waals surface area contributed by atoms with E-state index < -0.39 is 17.6 Å². The molecule has 0 heterocycles. The number of carbonyl (C=O) groups is 2. The Balaban J connectivity index is 2.57. The van der Waals surface area contributed by atoms with Gasteiger partial charge in [0, 0.05) is 0 Å². The lowest BCUT2D eigenvalue weighted by molar-refractivity contribution is -0.145. The summed E-state index contributed by atoms with van der Waals surface area (Å²) >= 11 is 0. The van der Waals surface area contributed by atoms with Gasteiger partial charge in [0.25, 0.3) is 0 Å². The Hall–Kier alpha value is -2.04. The molecule has 0 aliphatic heterocycles. The van der Waals surface area contributed by atoms with Crippen molar-refractivity contribution in [1.82, 2.24) is 5.32 Å². The number of aliphatic carboxylic acids is 1. The molecule has 0 saturated carbocycles. The van der Waals surface area contributed by atoms with Crippen molar-refractivity contribution in [2.45, 2.75) is 38.8 Å². The molecule has 1 aromatic rings. The zero-order valence-corrected chi connectivity index (χ0v) is 11.2. The van der Waals surface area contributed by atoms with Crippen molar-refractivity contribution < 1.29 is 19.4 Å². The highest BCUT2D eigenvalue weighted by Crippen LogP contribution is 2.15. The van der Waals surface area contributed by atoms with Gasteiger partial charge >= 0.3 is 12.1 Å². The van der Waals surface area contributed by atoms with Gasteiger partial charge in [-0.1, -0.05) is 44.2 Å². The van der Waals surface area contributed by atoms with E-state index in [0.717, 1.165) is 5.56 Å². The average Bonchev–Trinajstić information content (AvgIpc) is 2.43. The van der Waals surface area contributed by atoms with Gasteiger partial charge in [-0.15, -0.1) is 0 Å². The van der Waals surface area contributed by atoms with Crippen molar-refractivity contribution in [3.8, 4) is 0 Å². The predicted octanol–water partition coefficient (Wildman–Crippen LogP) is 2.56. The summed E-state index contributed by atoms with van der Waals surface area (Å²) in [6, 6.07) is 9.22. The fraction of sp³-hybridized carbons (Fsp3) is 0.429. The van der Waals surface area contributed by atoms with E-state index in [9.17, 15) is 14.7 Å². The van der Waals surface area contributed by atoms with E-state index in [0.29, 0.717) is 12.8 Å². The molecule has 104 valence electrons. The molecule has 0 spiro atoms. The summed E-state index contributed by atoms with van der Waals surface area (Å²) in [6.45, 7) is 3.56. The number of ether oxygens (including phenoxy) is 1. The monoisotopic (exact) mass is 265 g/mol. The lowest BCUT2D eigenvalue weighted by Crippen LogP contribution is -2.53. The van der Waals surface area contributed by atoms with Crippen LogP contribution in [0, 0.1) is 0 Å². The van der Waals surface area contributed by atoms with Crippen molar-refractivity contribution in [3.63, 3.8) is 0 Å². The summed E-state index contributed by atoms with van der Waals surface area (Å²) in [6.07, 6.45) is -0.103. The third-order valence-electron chi connectivity index (χ3n) is 3.17. The minimum absolute atomic E-state index is 0.121. The second-order valence-corrected chi connectivity index (χ2v) is 4.28. The van der Waals surface area contributed by atoms with Gasteiger partial charge in [-0.3, -0.25) is 0 Å².